The number of ether oxygens (including phenoxy) is 2. The number of anilines is 2. The van der Waals surface area contributed by atoms with E-state index in [9.17, 15) is 9.90 Å². The molecule has 4 aromatic carbocycles. The number of benzene rings is 4. The minimum absolute atomic E-state index is 0.0540. The van der Waals surface area contributed by atoms with Crippen molar-refractivity contribution in [2.45, 2.75) is 82.1 Å². The summed E-state index contributed by atoms with van der Waals surface area (Å²) >= 11 is 0. The van der Waals surface area contributed by atoms with Crippen LogP contribution in [0.2, 0.25) is 18.6 Å². The molecule has 3 aliphatic rings. The van der Waals surface area contributed by atoms with Crippen LogP contribution in [0.4, 0.5) is 11.4 Å². The van der Waals surface area contributed by atoms with Crippen LogP contribution >= 0.6 is 0 Å². The lowest BCUT2D eigenvalue weighted by atomic mass is 9.82. The van der Waals surface area contributed by atoms with Crippen molar-refractivity contribution in [1.29, 1.82) is 0 Å². The molecular weight excluding hydrogens is 707 g/mol. The summed E-state index contributed by atoms with van der Waals surface area (Å²) in [5.41, 5.74) is 3.71. The second-order valence-electron chi connectivity index (χ2n) is 15.7. The maximum absolute atomic E-state index is 15.2. The molecule has 0 unspecified atom stereocenters. The normalized spacial score (nSPS) is 23.0. The van der Waals surface area contributed by atoms with Crippen molar-refractivity contribution in [3.8, 4) is 5.75 Å². The van der Waals surface area contributed by atoms with Crippen LogP contribution < -0.4 is 19.7 Å². The van der Waals surface area contributed by atoms with E-state index < -0.39 is 19.8 Å². The third-order valence-electron chi connectivity index (χ3n) is 12.2. The fourth-order valence-corrected chi connectivity index (χ4v) is 13.5. The van der Waals surface area contributed by atoms with Crippen molar-refractivity contribution in [2.24, 2.45) is 5.92 Å². The third-order valence-corrected chi connectivity index (χ3v) is 16.6. The van der Waals surface area contributed by atoms with E-state index in [-0.39, 0.29) is 29.4 Å². The molecule has 4 heterocycles. The van der Waals surface area contributed by atoms with E-state index in [2.05, 4.69) is 54.6 Å². The molecule has 0 bridgehead atoms. The summed E-state index contributed by atoms with van der Waals surface area (Å²) in [5.74, 6) is 0.750. The minimum Gasteiger partial charge on any atom is -0.497 e. The predicted octanol–water partition coefficient (Wildman–Crippen LogP) is 6.74. The number of hydrogen-bond donors (Lipinski definition) is 1. The zero-order valence-corrected chi connectivity index (χ0v) is 33.0. The highest BCUT2D eigenvalue weighted by atomic mass is 28.3. The van der Waals surface area contributed by atoms with Crippen LogP contribution in [0.3, 0.4) is 0 Å². The molecule has 1 N–H and O–H groups in total. The van der Waals surface area contributed by atoms with Crippen molar-refractivity contribution in [3.63, 3.8) is 0 Å². The second-order valence-corrected chi connectivity index (χ2v) is 20.4. The highest BCUT2D eigenvalue weighted by Crippen LogP contribution is 2.60. The summed E-state index contributed by atoms with van der Waals surface area (Å²) in [6.45, 7) is 8.55. The minimum atomic E-state index is -2.35. The van der Waals surface area contributed by atoms with E-state index in [1.165, 1.54) is 5.19 Å². The number of aryl methyl sites for hydroxylation is 1. The number of rotatable bonds is 11. The summed E-state index contributed by atoms with van der Waals surface area (Å²) in [7, 11) is -0.673. The first-order valence-corrected chi connectivity index (χ1v) is 22.5. The molecule has 5 atom stereocenters. The first-order valence-electron chi connectivity index (χ1n) is 19.4. The number of methoxy groups -OCH3 is 1. The molecular formula is C44H49N5O5Si. The van der Waals surface area contributed by atoms with E-state index in [0.29, 0.717) is 38.2 Å². The molecule has 2 amide bonds. The number of amides is 2. The number of fused-ring (bicyclic) bond motifs is 2. The third kappa shape index (κ3) is 6.57. The molecule has 3 aliphatic heterocycles. The average Bonchev–Trinajstić information content (AvgIpc) is 3.88. The van der Waals surface area contributed by atoms with Gasteiger partial charge >= 0.3 is 0 Å². The first-order chi connectivity index (χ1) is 26.6. The molecule has 2 saturated heterocycles. The standard InChI is InChI=1S/C44H49N5O5Si/c1-30-42(55(3,4)35-22-20-34(53-2)21-23-35)39(24-26-47-29-37(45-46-47)41(51)32-14-6-5-7-15-32)54-44(30)36-17-8-9-18-38(36)49(43(44)52)28-31-13-12-16-33(27-31)48-25-11-10-19-40(48)50/h5-9,12-18,20-23,27,29-30,39,41-42,51H,10-11,19,24-26,28H2,1-4H3/t30-,39+,41+,42-,44+/m0/s1. The zero-order chi connectivity index (χ0) is 38.3. The van der Waals surface area contributed by atoms with Gasteiger partial charge in [-0.2, -0.15) is 0 Å². The first kappa shape index (κ1) is 36.9. The monoisotopic (exact) mass is 755 g/mol. The van der Waals surface area contributed by atoms with Gasteiger partial charge in [0.15, 0.2) is 5.60 Å². The van der Waals surface area contributed by atoms with Gasteiger partial charge in [-0.25, -0.2) is 0 Å². The SMILES string of the molecule is COc1ccc([Si](C)(C)[C@@H]2[C@@H](CCn3cc([C@H](O)c4ccccc4)nn3)O[C@]3(C(=O)N(Cc4cccc(N5CCCCC5=O)c4)c4ccccc43)[C@H]2C)cc1. The Morgan fingerprint density at radius 3 is 2.49 bits per heavy atom. The van der Waals surface area contributed by atoms with Gasteiger partial charge in [0.2, 0.25) is 5.91 Å². The summed E-state index contributed by atoms with van der Waals surface area (Å²) in [4.78, 5) is 31.8. The van der Waals surface area contributed by atoms with E-state index in [1.807, 2.05) is 88.7 Å². The fraction of sp³-hybridized carbons (Fsp3) is 0.364. The highest BCUT2D eigenvalue weighted by molar-refractivity contribution is 6.91. The molecule has 0 saturated carbocycles. The fourth-order valence-electron chi connectivity index (χ4n) is 9.39. The molecule has 8 rings (SSSR count). The van der Waals surface area contributed by atoms with Crippen LogP contribution in [-0.4, -0.2) is 59.7 Å². The summed E-state index contributed by atoms with van der Waals surface area (Å²) < 4.78 is 14.6. The van der Waals surface area contributed by atoms with E-state index in [4.69, 9.17) is 9.47 Å². The Kier molecular flexibility index (Phi) is 9.95. The quantitative estimate of drug-likeness (QED) is 0.149. The van der Waals surface area contributed by atoms with Crippen LogP contribution in [0.5, 0.6) is 5.75 Å². The maximum atomic E-state index is 15.2. The Labute approximate surface area is 323 Å². The van der Waals surface area contributed by atoms with Crippen LogP contribution in [0.15, 0.2) is 109 Å². The van der Waals surface area contributed by atoms with Gasteiger partial charge in [0.1, 0.15) is 17.5 Å². The maximum Gasteiger partial charge on any atom is 0.264 e. The largest absolute Gasteiger partial charge is 0.497 e. The Morgan fingerprint density at radius 2 is 1.73 bits per heavy atom. The summed E-state index contributed by atoms with van der Waals surface area (Å²) in [5, 5.41) is 21.0. The van der Waals surface area contributed by atoms with Gasteiger partial charge in [-0.15, -0.1) is 5.10 Å². The Morgan fingerprint density at radius 1 is 0.964 bits per heavy atom. The molecule has 284 valence electrons. The van der Waals surface area contributed by atoms with Gasteiger partial charge in [0.25, 0.3) is 5.91 Å². The van der Waals surface area contributed by atoms with Crippen molar-refractivity contribution in [1.82, 2.24) is 15.0 Å². The lowest BCUT2D eigenvalue weighted by Crippen LogP contribution is -2.51. The number of carbonyl (C=O) groups excluding carboxylic acids is 2. The van der Waals surface area contributed by atoms with E-state index in [0.717, 1.165) is 46.7 Å². The van der Waals surface area contributed by atoms with Crippen LogP contribution in [0.25, 0.3) is 0 Å². The van der Waals surface area contributed by atoms with Crippen LogP contribution in [-0.2, 0) is 33.0 Å². The lowest BCUT2D eigenvalue weighted by molar-refractivity contribution is -0.146. The number of aromatic nitrogens is 3. The Balaban J connectivity index is 1.12. The molecule has 1 aromatic heterocycles. The van der Waals surface area contributed by atoms with Crippen LogP contribution in [0, 0.1) is 5.92 Å². The smallest absolute Gasteiger partial charge is 0.264 e. The zero-order valence-electron chi connectivity index (χ0n) is 32.0. The van der Waals surface area contributed by atoms with Crippen molar-refractivity contribution in [2.75, 3.05) is 23.5 Å². The molecule has 10 nitrogen and oxygen atoms in total. The van der Waals surface area contributed by atoms with Crippen molar-refractivity contribution >= 4 is 36.4 Å². The number of aliphatic hydroxyl groups is 1. The number of piperidine rings is 1. The average molecular weight is 756 g/mol. The molecule has 55 heavy (non-hydrogen) atoms. The van der Waals surface area contributed by atoms with Gasteiger partial charge < -0.3 is 24.4 Å². The molecule has 5 aromatic rings. The Hall–Kier alpha value is -5.10. The summed E-state index contributed by atoms with van der Waals surface area (Å²) in [6, 6.07) is 34.0. The van der Waals surface area contributed by atoms with Crippen LogP contribution in [0.1, 0.15) is 61.1 Å². The van der Waals surface area contributed by atoms with Crippen molar-refractivity contribution < 1.29 is 24.2 Å². The second kappa shape index (κ2) is 14.9. The number of aliphatic hydroxyl groups excluding tert-OH is 1. The summed E-state index contributed by atoms with van der Waals surface area (Å²) in [6.07, 6.45) is 3.73. The van der Waals surface area contributed by atoms with Gasteiger partial charge in [0, 0.05) is 36.7 Å². The number of carbonyl (C=O) groups is 2. The van der Waals surface area contributed by atoms with Crippen molar-refractivity contribution in [3.05, 3.63) is 132 Å². The van der Waals surface area contributed by atoms with Gasteiger partial charge in [0.05, 0.1) is 39.7 Å². The molecule has 2 fully saturated rings. The Bertz CT molecular complexity index is 2170. The number of para-hydroxylation sites is 1. The lowest BCUT2D eigenvalue weighted by Gasteiger charge is -2.37. The highest BCUT2D eigenvalue weighted by Gasteiger charge is 2.66. The molecule has 0 aliphatic carbocycles. The van der Waals surface area contributed by atoms with Gasteiger partial charge in [-0.1, -0.05) is 103 Å². The number of nitrogens with zero attached hydrogens (tertiary/aromatic N) is 5. The van der Waals surface area contributed by atoms with Gasteiger partial charge in [-0.05, 0) is 66.3 Å². The van der Waals surface area contributed by atoms with E-state index in [1.54, 1.807) is 18.0 Å². The predicted molar refractivity (Wildman–Crippen MR) is 215 cm³/mol. The molecule has 0 radical (unpaired) electrons. The molecule has 1 spiro atoms. The topological polar surface area (TPSA) is 110 Å². The number of hydrogen-bond acceptors (Lipinski definition) is 7. The molecule has 11 heteroatoms. The van der Waals surface area contributed by atoms with E-state index >= 15 is 4.79 Å². The van der Waals surface area contributed by atoms with Gasteiger partial charge in [-0.3, -0.25) is 14.3 Å².